The fraction of sp³-hybridized carbons (Fsp3) is 1.00. The van der Waals surface area contributed by atoms with E-state index in [1.54, 1.807) is 0 Å². The maximum atomic E-state index is 5.88. The van der Waals surface area contributed by atoms with E-state index in [-0.39, 0.29) is 0 Å². The van der Waals surface area contributed by atoms with Crippen LogP contribution >= 0.6 is 11.6 Å². The molecule has 0 radical (unpaired) electrons. The summed E-state index contributed by atoms with van der Waals surface area (Å²) < 4.78 is 0. The third kappa shape index (κ3) is 3.77. The minimum Gasteiger partial charge on any atom is -0.306 e. The monoisotopic (exact) mass is 189 g/mol. The molecule has 1 aliphatic rings. The number of rotatable bonds is 5. The highest BCUT2D eigenvalue weighted by molar-refractivity contribution is 6.20. The normalized spacial score (nSPS) is 21.0. The van der Waals surface area contributed by atoms with Gasteiger partial charge in [0.05, 0.1) is 0 Å². The summed E-state index contributed by atoms with van der Waals surface area (Å²) >= 11 is 5.88. The van der Waals surface area contributed by atoms with Crippen LogP contribution in [0.25, 0.3) is 0 Å². The molecule has 1 atom stereocenters. The van der Waals surface area contributed by atoms with Gasteiger partial charge in [0.25, 0.3) is 0 Å². The van der Waals surface area contributed by atoms with Gasteiger partial charge in [-0.15, -0.1) is 11.6 Å². The Labute approximate surface area is 81.1 Å². The van der Waals surface area contributed by atoms with Gasteiger partial charge in [0.15, 0.2) is 0 Å². The molecule has 0 N–H and O–H groups in total. The lowest BCUT2D eigenvalue weighted by Crippen LogP contribution is -2.30. The molecule has 1 rings (SSSR count). The maximum absolute atomic E-state index is 5.88. The summed E-state index contributed by atoms with van der Waals surface area (Å²) in [4.78, 5) is 2.42. The number of alkyl halides is 1. The molecule has 0 amide bonds. The third-order valence-corrected chi connectivity index (χ3v) is 2.92. The molecule has 1 unspecified atom stereocenters. The highest BCUT2D eigenvalue weighted by Crippen LogP contribution is 2.26. The second kappa shape index (κ2) is 5.08. The second-order valence-electron chi connectivity index (χ2n) is 4.13. The zero-order valence-corrected chi connectivity index (χ0v) is 8.98. The molecule has 0 saturated heterocycles. The van der Waals surface area contributed by atoms with Gasteiger partial charge in [-0.3, -0.25) is 0 Å². The van der Waals surface area contributed by atoms with Crippen molar-refractivity contribution in [2.45, 2.75) is 38.0 Å². The smallest absolute Gasteiger partial charge is 0.0320 e. The predicted molar refractivity (Wildman–Crippen MR) is 54.8 cm³/mol. The van der Waals surface area contributed by atoms with Crippen LogP contribution in [0.1, 0.15) is 32.6 Å². The van der Waals surface area contributed by atoms with Crippen LogP contribution in [0.4, 0.5) is 0 Å². The van der Waals surface area contributed by atoms with Crippen molar-refractivity contribution in [1.29, 1.82) is 0 Å². The molecule has 72 valence electrons. The Kier molecular flexibility index (Phi) is 4.38. The molecule has 0 heterocycles. The quantitative estimate of drug-likeness (QED) is 0.602. The van der Waals surface area contributed by atoms with E-state index in [0.717, 1.165) is 18.9 Å². The number of halogens is 1. The van der Waals surface area contributed by atoms with Crippen molar-refractivity contribution in [3.63, 3.8) is 0 Å². The summed E-state index contributed by atoms with van der Waals surface area (Å²) in [5.41, 5.74) is 0. The fourth-order valence-electron chi connectivity index (χ4n) is 1.61. The summed E-state index contributed by atoms with van der Waals surface area (Å²) in [5.74, 6) is 0.987. The predicted octanol–water partition coefficient (Wildman–Crippen LogP) is 2.74. The van der Waals surface area contributed by atoms with Crippen LogP contribution in [0.15, 0.2) is 0 Å². The van der Waals surface area contributed by atoms with Crippen molar-refractivity contribution < 1.29 is 0 Å². The van der Waals surface area contributed by atoms with E-state index >= 15 is 0 Å². The summed E-state index contributed by atoms with van der Waals surface area (Å²) in [5, 5.41) is 0.328. The van der Waals surface area contributed by atoms with Gasteiger partial charge in [-0.1, -0.05) is 6.42 Å². The van der Waals surface area contributed by atoms with E-state index in [2.05, 4.69) is 18.9 Å². The van der Waals surface area contributed by atoms with E-state index in [1.165, 1.54) is 25.8 Å². The topological polar surface area (TPSA) is 3.24 Å². The van der Waals surface area contributed by atoms with Gasteiger partial charge < -0.3 is 4.90 Å². The lowest BCUT2D eigenvalue weighted by atomic mass is 9.85. The Hall–Kier alpha value is 0.250. The average Bonchev–Trinajstić information content (AvgIpc) is 1.93. The van der Waals surface area contributed by atoms with Gasteiger partial charge in [-0.05, 0) is 45.7 Å². The SMILES string of the molecule is CC(Cl)CCN(C)CC1CCC1. The fourth-order valence-corrected chi connectivity index (χ4v) is 1.70. The molecule has 1 aliphatic carbocycles. The minimum absolute atomic E-state index is 0.328. The van der Waals surface area contributed by atoms with E-state index in [4.69, 9.17) is 11.6 Å². The van der Waals surface area contributed by atoms with Gasteiger partial charge in [0, 0.05) is 11.9 Å². The van der Waals surface area contributed by atoms with Crippen LogP contribution < -0.4 is 0 Å². The number of hydrogen-bond donors (Lipinski definition) is 0. The molecule has 2 heteroatoms. The van der Waals surface area contributed by atoms with Gasteiger partial charge in [0.2, 0.25) is 0 Å². The van der Waals surface area contributed by atoms with E-state index < -0.39 is 0 Å². The molecule has 1 nitrogen and oxygen atoms in total. The van der Waals surface area contributed by atoms with E-state index in [9.17, 15) is 0 Å². The Bertz CT molecular complexity index is 121. The van der Waals surface area contributed by atoms with Crippen LogP contribution in [0.2, 0.25) is 0 Å². The zero-order valence-electron chi connectivity index (χ0n) is 8.22. The molecule has 0 aliphatic heterocycles. The van der Waals surface area contributed by atoms with Crippen molar-refractivity contribution in [2.24, 2.45) is 5.92 Å². The van der Waals surface area contributed by atoms with E-state index in [0.29, 0.717) is 5.38 Å². The zero-order chi connectivity index (χ0) is 8.97. The van der Waals surface area contributed by atoms with Crippen LogP contribution in [0.3, 0.4) is 0 Å². The minimum atomic E-state index is 0.328. The first-order chi connectivity index (χ1) is 5.68. The molecular formula is C10H20ClN. The molecule has 0 aromatic heterocycles. The van der Waals surface area contributed by atoms with Crippen molar-refractivity contribution >= 4 is 11.6 Å². The van der Waals surface area contributed by atoms with Crippen molar-refractivity contribution in [2.75, 3.05) is 20.1 Å². The number of nitrogens with zero attached hydrogens (tertiary/aromatic N) is 1. The Morgan fingerprint density at radius 3 is 2.58 bits per heavy atom. The third-order valence-electron chi connectivity index (χ3n) is 2.70. The molecule has 12 heavy (non-hydrogen) atoms. The standard InChI is InChI=1S/C10H20ClN/c1-9(11)6-7-12(2)8-10-4-3-5-10/h9-10H,3-8H2,1-2H3. The largest absolute Gasteiger partial charge is 0.306 e. The lowest BCUT2D eigenvalue weighted by Gasteiger charge is -2.30. The van der Waals surface area contributed by atoms with Crippen molar-refractivity contribution in [1.82, 2.24) is 4.90 Å². The van der Waals surface area contributed by atoms with Crippen LogP contribution in [0.5, 0.6) is 0 Å². The van der Waals surface area contributed by atoms with Gasteiger partial charge >= 0.3 is 0 Å². The van der Waals surface area contributed by atoms with Crippen LogP contribution in [-0.2, 0) is 0 Å². The first-order valence-electron chi connectivity index (χ1n) is 5.01. The summed E-state index contributed by atoms with van der Waals surface area (Å²) in [6.07, 6.45) is 5.46. The lowest BCUT2D eigenvalue weighted by molar-refractivity contribution is 0.204. The molecule has 0 aromatic carbocycles. The molecular weight excluding hydrogens is 170 g/mol. The van der Waals surface area contributed by atoms with Crippen molar-refractivity contribution in [3.05, 3.63) is 0 Å². The second-order valence-corrected chi connectivity index (χ2v) is 4.87. The average molecular weight is 190 g/mol. The highest BCUT2D eigenvalue weighted by atomic mass is 35.5. The molecule has 0 aromatic rings. The van der Waals surface area contributed by atoms with Crippen LogP contribution in [-0.4, -0.2) is 30.4 Å². The summed E-state index contributed by atoms with van der Waals surface area (Å²) in [6, 6.07) is 0. The summed E-state index contributed by atoms with van der Waals surface area (Å²) in [6.45, 7) is 4.50. The molecule has 0 bridgehead atoms. The van der Waals surface area contributed by atoms with Gasteiger partial charge in [-0.25, -0.2) is 0 Å². The first kappa shape index (κ1) is 10.3. The molecule has 1 fully saturated rings. The highest BCUT2D eigenvalue weighted by Gasteiger charge is 2.18. The maximum Gasteiger partial charge on any atom is 0.0320 e. The van der Waals surface area contributed by atoms with E-state index in [1.807, 2.05) is 0 Å². The Morgan fingerprint density at radius 2 is 2.17 bits per heavy atom. The van der Waals surface area contributed by atoms with Crippen LogP contribution in [0, 0.1) is 5.92 Å². The first-order valence-corrected chi connectivity index (χ1v) is 5.44. The van der Waals surface area contributed by atoms with Gasteiger partial charge in [-0.2, -0.15) is 0 Å². The Balaban J connectivity index is 1.98. The summed E-state index contributed by atoms with van der Waals surface area (Å²) in [7, 11) is 2.21. The molecule has 0 spiro atoms. The number of hydrogen-bond acceptors (Lipinski definition) is 1. The van der Waals surface area contributed by atoms with Gasteiger partial charge in [0.1, 0.15) is 0 Å². The molecule has 1 saturated carbocycles. The Morgan fingerprint density at radius 1 is 1.50 bits per heavy atom. The van der Waals surface area contributed by atoms with Crippen molar-refractivity contribution in [3.8, 4) is 0 Å².